The van der Waals surface area contributed by atoms with Crippen LogP contribution in [0.4, 0.5) is 18.0 Å². The van der Waals surface area contributed by atoms with E-state index >= 15 is 0 Å². The van der Waals surface area contributed by atoms with E-state index in [9.17, 15) is 27.6 Å². The van der Waals surface area contributed by atoms with Gasteiger partial charge in [0.2, 0.25) is 5.91 Å². The number of ether oxygens (including phenoxy) is 2. The highest BCUT2D eigenvalue weighted by molar-refractivity contribution is 6.32. The first kappa shape index (κ1) is 25.5. The van der Waals surface area contributed by atoms with Crippen molar-refractivity contribution in [3.8, 4) is 5.75 Å². The van der Waals surface area contributed by atoms with Gasteiger partial charge in [0.1, 0.15) is 17.6 Å². The summed E-state index contributed by atoms with van der Waals surface area (Å²) in [7, 11) is 0. The average Bonchev–Trinajstić information content (AvgIpc) is 2.58. The lowest BCUT2D eigenvalue weighted by atomic mass is 10.2. The molecule has 0 aliphatic rings. The summed E-state index contributed by atoms with van der Waals surface area (Å²) in [5, 5.41) is 2.26. The number of carbonyl (C=O) groups is 3. The molecule has 1 rings (SSSR count). The number of carbonyl (C=O) groups excluding carboxylic acids is 3. The van der Waals surface area contributed by atoms with E-state index in [-0.39, 0.29) is 43.4 Å². The number of hydrogen-bond donors (Lipinski definition) is 1. The smallest absolute Gasteiger partial charge is 0.444 e. The van der Waals surface area contributed by atoms with Crippen LogP contribution in [0.15, 0.2) is 18.2 Å². The van der Waals surface area contributed by atoms with E-state index < -0.39 is 23.8 Å². The molecule has 0 heterocycles. The summed E-state index contributed by atoms with van der Waals surface area (Å²) in [5.41, 5.74) is -0.370. The molecule has 0 unspecified atom stereocenters. The fourth-order valence-corrected chi connectivity index (χ4v) is 2.47. The van der Waals surface area contributed by atoms with Crippen molar-refractivity contribution in [2.24, 2.45) is 0 Å². The van der Waals surface area contributed by atoms with E-state index in [1.807, 2.05) is 0 Å². The van der Waals surface area contributed by atoms with Gasteiger partial charge in [0.25, 0.3) is 0 Å². The van der Waals surface area contributed by atoms with Gasteiger partial charge < -0.3 is 24.5 Å². The third kappa shape index (κ3) is 10.3. The Morgan fingerprint density at radius 2 is 1.90 bits per heavy atom. The summed E-state index contributed by atoms with van der Waals surface area (Å²) in [4.78, 5) is 35.9. The van der Waals surface area contributed by atoms with Gasteiger partial charge in [-0.15, -0.1) is 13.2 Å². The number of nitrogens with zero attached hydrogens (tertiary/aromatic N) is 1. The van der Waals surface area contributed by atoms with Gasteiger partial charge in [-0.2, -0.15) is 0 Å². The molecule has 30 heavy (non-hydrogen) atoms. The van der Waals surface area contributed by atoms with Crippen LogP contribution < -0.4 is 10.1 Å². The zero-order valence-corrected chi connectivity index (χ0v) is 17.6. The first-order valence-electron chi connectivity index (χ1n) is 9.03. The minimum atomic E-state index is -4.88. The maximum atomic E-state index is 12.5. The molecule has 0 radical (unpaired) electrons. The molecule has 0 saturated heterocycles. The SMILES string of the molecule is CC(C)(C)OC(=O)N(CCC(=O)NCCC=O)Cc1ccc(OC(F)(F)F)c(Cl)c1. The largest absolute Gasteiger partial charge is 0.573 e. The van der Waals surface area contributed by atoms with Gasteiger partial charge in [-0.1, -0.05) is 17.7 Å². The van der Waals surface area contributed by atoms with E-state index in [0.29, 0.717) is 11.8 Å². The van der Waals surface area contributed by atoms with E-state index in [1.54, 1.807) is 20.8 Å². The van der Waals surface area contributed by atoms with Crippen LogP contribution in [0, 0.1) is 0 Å². The highest BCUT2D eigenvalue weighted by atomic mass is 35.5. The van der Waals surface area contributed by atoms with Gasteiger partial charge in [0.05, 0.1) is 5.02 Å². The molecule has 7 nitrogen and oxygen atoms in total. The van der Waals surface area contributed by atoms with Crippen molar-refractivity contribution >= 4 is 29.9 Å². The van der Waals surface area contributed by atoms with Crippen LogP contribution in [-0.4, -0.2) is 48.2 Å². The van der Waals surface area contributed by atoms with Gasteiger partial charge in [-0.05, 0) is 38.5 Å². The number of rotatable bonds is 9. The van der Waals surface area contributed by atoms with Crippen molar-refractivity contribution in [2.45, 2.75) is 52.1 Å². The maximum absolute atomic E-state index is 12.5. The highest BCUT2D eigenvalue weighted by Crippen LogP contribution is 2.31. The van der Waals surface area contributed by atoms with Crippen LogP contribution in [0.1, 0.15) is 39.2 Å². The molecule has 1 N–H and O–H groups in total. The molecule has 0 fully saturated rings. The molecule has 0 atom stereocenters. The monoisotopic (exact) mass is 452 g/mol. The van der Waals surface area contributed by atoms with E-state index in [4.69, 9.17) is 16.3 Å². The summed E-state index contributed by atoms with van der Waals surface area (Å²) in [5.74, 6) is -0.927. The number of amides is 2. The molecule has 2 amide bonds. The van der Waals surface area contributed by atoms with Crippen LogP contribution in [0.3, 0.4) is 0 Å². The van der Waals surface area contributed by atoms with Crippen LogP contribution in [0.25, 0.3) is 0 Å². The second-order valence-corrected chi connectivity index (χ2v) is 7.68. The third-order valence-corrected chi connectivity index (χ3v) is 3.74. The molecule has 0 aromatic heterocycles. The van der Waals surface area contributed by atoms with E-state index in [2.05, 4.69) is 10.1 Å². The van der Waals surface area contributed by atoms with Crippen LogP contribution in [0.5, 0.6) is 5.75 Å². The topological polar surface area (TPSA) is 84.9 Å². The second kappa shape index (κ2) is 11.1. The lowest BCUT2D eigenvalue weighted by Crippen LogP contribution is -2.38. The van der Waals surface area contributed by atoms with Gasteiger partial charge in [0, 0.05) is 32.5 Å². The number of aldehydes is 1. The van der Waals surface area contributed by atoms with Crippen molar-refractivity contribution in [3.05, 3.63) is 28.8 Å². The zero-order valence-electron chi connectivity index (χ0n) is 16.8. The van der Waals surface area contributed by atoms with Crippen molar-refractivity contribution in [1.29, 1.82) is 0 Å². The summed E-state index contributed by atoms with van der Waals surface area (Å²) in [6.45, 7) is 5.15. The Bertz CT molecular complexity index is 751. The van der Waals surface area contributed by atoms with Gasteiger partial charge >= 0.3 is 12.5 Å². The standard InChI is InChI=1S/C19H24ClF3N2O5/c1-18(2,3)30-17(28)25(9-7-16(27)24-8-4-10-26)12-13-5-6-15(14(20)11-13)29-19(21,22)23/h5-6,10-11H,4,7-9,12H2,1-3H3,(H,24,27). The minimum absolute atomic E-state index is 0.0136. The Morgan fingerprint density at radius 1 is 1.23 bits per heavy atom. The number of nitrogens with one attached hydrogen (secondary N) is 1. The number of benzene rings is 1. The van der Waals surface area contributed by atoms with Gasteiger partial charge in [-0.3, -0.25) is 4.79 Å². The van der Waals surface area contributed by atoms with Crippen LogP contribution in [0.2, 0.25) is 5.02 Å². The molecule has 0 bridgehead atoms. The molecule has 0 spiro atoms. The predicted octanol–water partition coefficient (Wildman–Crippen LogP) is 4.07. The van der Waals surface area contributed by atoms with E-state index in [0.717, 1.165) is 6.07 Å². The predicted molar refractivity (Wildman–Crippen MR) is 103 cm³/mol. The van der Waals surface area contributed by atoms with Gasteiger partial charge in [-0.25, -0.2) is 4.79 Å². The second-order valence-electron chi connectivity index (χ2n) is 7.27. The maximum Gasteiger partial charge on any atom is 0.573 e. The average molecular weight is 453 g/mol. The Morgan fingerprint density at radius 3 is 2.43 bits per heavy atom. The molecule has 1 aromatic rings. The summed E-state index contributed by atoms with van der Waals surface area (Å²) in [6.07, 6.45) is -4.79. The summed E-state index contributed by atoms with van der Waals surface area (Å²) < 4.78 is 46.3. The van der Waals surface area contributed by atoms with Gasteiger partial charge in [0.15, 0.2) is 0 Å². The third-order valence-electron chi connectivity index (χ3n) is 3.44. The van der Waals surface area contributed by atoms with Crippen molar-refractivity contribution in [3.63, 3.8) is 0 Å². The Kier molecular flexibility index (Phi) is 9.41. The van der Waals surface area contributed by atoms with Crippen molar-refractivity contribution < 1.29 is 37.0 Å². The van der Waals surface area contributed by atoms with Crippen molar-refractivity contribution in [1.82, 2.24) is 10.2 Å². The number of hydrogen-bond acceptors (Lipinski definition) is 5. The molecule has 0 saturated carbocycles. The normalized spacial score (nSPS) is 11.6. The Hall–Kier alpha value is -2.49. The summed E-state index contributed by atoms with van der Waals surface area (Å²) >= 11 is 5.85. The molecular weight excluding hydrogens is 429 g/mol. The number of halogens is 4. The highest BCUT2D eigenvalue weighted by Gasteiger charge is 2.32. The van der Waals surface area contributed by atoms with Crippen LogP contribution >= 0.6 is 11.6 Å². The molecule has 1 aromatic carbocycles. The lowest BCUT2D eigenvalue weighted by molar-refractivity contribution is -0.274. The lowest BCUT2D eigenvalue weighted by Gasteiger charge is -2.27. The Labute approximate surface area is 177 Å². The first-order chi connectivity index (χ1) is 13.8. The zero-order chi connectivity index (χ0) is 22.9. The summed E-state index contributed by atoms with van der Waals surface area (Å²) in [6, 6.07) is 3.61. The van der Waals surface area contributed by atoms with Crippen molar-refractivity contribution in [2.75, 3.05) is 13.1 Å². The number of alkyl halides is 3. The molecule has 0 aliphatic carbocycles. The Balaban J connectivity index is 2.89. The fourth-order valence-electron chi connectivity index (χ4n) is 2.23. The first-order valence-corrected chi connectivity index (χ1v) is 9.41. The van der Waals surface area contributed by atoms with Crippen LogP contribution in [-0.2, 0) is 20.9 Å². The molecule has 11 heteroatoms. The quantitative estimate of drug-likeness (QED) is 0.451. The fraction of sp³-hybridized carbons (Fsp3) is 0.526. The van der Waals surface area contributed by atoms with E-state index in [1.165, 1.54) is 17.0 Å². The molecule has 0 aliphatic heterocycles. The molecule has 168 valence electrons. The molecular formula is C19H24ClF3N2O5. The minimum Gasteiger partial charge on any atom is -0.444 e.